The van der Waals surface area contributed by atoms with Gasteiger partial charge in [-0.25, -0.2) is 0 Å². The average molecular weight is 269 g/mol. The molecule has 2 heterocycles. The van der Waals surface area contributed by atoms with Crippen LogP contribution in [0.2, 0.25) is 0 Å². The Morgan fingerprint density at radius 1 is 1.21 bits per heavy atom. The SMILES string of the molecule is CCNC1CCOCC1CN1CCC(N(C)C)CC1. The van der Waals surface area contributed by atoms with E-state index in [4.69, 9.17) is 4.74 Å². The lowest BCUT2D eigenvalue weighted by molar-refractivity contribution is 0.0109. The lowest BCUT2D eigenvalue weighted by Crippen LogP contribution is -2.50. The predicted octanol–water partition coefficient (Wildman–Crippen LogP) is 1.03. The van der Waals surface area contributed by atoms with Crippen LogP contribution in [0.5, 0.6) is 0 Å². The van der Waals surface area contributed by atoms with Crippen LogP contribution in [0.4, 0.5) is 0 Å². The van der Waals surface area contributed by atoms with Crippen LogP contribution in [0.25, 0.3) is 0 Å². The molecule has 112 valence electrons. The van der Waals surface area contributed by atoms with Gasteiger partial charge in [0.2, 0.25) is 0 Å². The van der Waals surface area contributed by atoms with Gasteiger partial charge in [-0.15, -0.1) is 0 Å². The van der Waals surface area contributed by atoms with Crippen LogP contribution in [-0.4, -0.2) is 75.4 Å². The molecule has 2 aliphatic rings. The molecule has 0 aromatic heterocycles. The Labute approximate surface area is 118 Å². The number of nitrogens with zero attached hydrogens (tertiary/aromatic N) is 2. The Morgan fingerprint density at radius 2 is 1.95 bits per heavy atom. The van der Waals surface area contributed by atoms with Crippen LogP contribution < -0.4 is 5.32 Å². The van der Waals surface area contributed by atoms with Gasteiger partial charge >= 0.3 is 0 Å². The topological polar surface area (TPSA) is 27.7 Å². The smallest absolute Gasteiger partial charge is 0.0521 e. The summed E-state index contributed by atoms with van der Waals surface area (Å²) in [5, 5.41) is 3.64. The summed E-state index contributed by atoms with van der Waals surface area (Å²) in [5.74, 6) is 0.671. The van der Waals surface area contributed by atoms with Gasteiger partial charge in [0, 0.05) is 31.2 Å². The van der Waals surface area contributed by atoms with E-state index in [0.29, 0.717) is 12.0 Å². The summed E-state index contributed by atoms with van der Waals surface area (Å²) in [4.78, 5) is 5.02. The van der Waals surface area contributed by atoms with Crippen molar-refractivity contribution in [1.29, 1.82) is 0 Å². The third-order valence-electron chi connectivity index (χ3n) is 4.72. The van der Waals surface area contributed by atoms with Crippen LogP contribution >= 0.6 is 0 Å². The van der Waals surface area contributed by atoms with Crippen molar-refractivity contribution in [1.82, 2.24) is 15.1 Å². The van der Waals surface area contributed by atoms with Gasteiger partial charge in [-0.05, 0) is 53.0 Å². The maximum atomic E-state index is 5.68. The first-order valence-electron chi connectivity index (χ1n) is 7.90. The lowest BCUT2D eigenvalue weighted by Gasteiger charge is -2.40. The summed E-state index contributed by atoms with van der Waals surface area (Å²) in [6.07, 6.45) is 3.80. The van der Waals surface area contributed by atoms with E-state index < -0.39 is 0 Å². The fourth-order valence-corrected chi connectivity index (χ4v) is 3.46. The number of nitrogens with one attached hydrogen (secondary N) is 1. The zero-order chi connectivity index (χ0) is 13.7. The quantitative estimate of drug-likeness (QED) is 0.807. The van der Waals surface area contributed by atoms with Gasteiger partial charge in [0.15, 0.2) is 0 Å². The van der Waals surface area contributed by atoms with Crippen LogP contribution in [-0.2, 0) is 4.74 Å². The molecule has 2 unspecified atom stereocenters. The second-order valence-corrected chi connectivity index (χ2v) is 6.28. The fourth-order valence-electron chi connectivity index (χ4n) is 3.46. The normalized spacial score (nSPS) is 30.9. The first-order valence-corrected chi connectivity index (χ1v) is 7.90. The third kappa shape index (κ3) is 4.42. The van der Waals surface area contributed by atoms with Crippen molar-refractivity contribution >= 4 is 0 Å². The summed E-state index contributed by atoms with van der Waals surface area (Å²) < 4.78 is 5.68. The minimum Gasteiger partial charge on any atom is -0.381 e. The molecule has 4 heteroatoms. The zero-order valence-electron chi connectivity index (χ0n) is 12.9. The van der Waals surface area contributed by atoms with Crippen molar-refractivity contribution in [2.75, 3.05) is 53.5 Å². The van der Waals surface area contributed by atoms with E-state index in [-0.39, 0.29) is 0 Å². The standard InChI is InChI=1S/C15H31N3O/c1-4-16-15-7-10-19-12-13(15)11-18-8-5-14(6-9-18)17(2)3/h13-16H,4-12H2,1-3H3. The molecular formula is C15H31N3O. The molecule has 0 aliphatic carbocycles. The molecule has 2 fully saturated rings. The summed E-state index contributed by atoms with van der Waals surface area (Å²) in [7, 11) is 4.41. The Hall–Kier alpha value is -0.160. The average Bonchev–Trinajstić information content (AvgIpc) is 2.42. The van der Waals surface area contributed by atoms with Crippen molar-refractivity contribution in [3.8, 4) is 0 Å². The van der Waals surface area contributed by atoms with E-state index >= 15 is 0 Å². The highest BCUT2D eigenvalue weighted by atomic mass is 16.5. The zero-order valence-corrected chi connectivity index (χ0v) is 12.9. The summed E-state index contributed by atoms with van der Waals surface area (Å²) in [6, 6.07) is 1.44. The van der Waals surface area contributed by atoms with Crippen molar-refractivity contribution in [2.45, 2.75) is 38.3 Å². The number of piperidine rings is 1. The molecule has 2 atom stereocenters. The van der Waals surface area contributed by atoms with Crippen molar-refractivity contribution < 1.29 is 4.74 Å². The van der Waals surface area contributed by atoms with Gasteiger partial charge in [-0.2, -0.15) is 0 Å². The predicted molar refractivity (Wildman–Crippen MR) is 79.5 cm³/mol. The van der Waals surface area contributed by atoms with E-state index in [1.807, 2.05) is 0 Å². The first-order chi connectivity index (χ1) is 9.20. The third-order valence-corrected chi connectivity index (χ3v) is 4.72. The molecule has 0 aromatic rings. The van der Waals surface area contributed by atoms with Crippen molar-refractivity contribution in [3.63, 3.8) is 0 Å². The Kier molecular flexibility index (Phi) is 6.07. The van der Waals surface area contributed by atoms with Gasteiger partial charge in [-0.1, -0.05) is 6.92 Å². The second-order valence-electron chi connectivity index (χ2n) is 6.28. The van der Waals surface area contributed by atoms with Crippen LogP contribution in [0.15, 0.2) is 0 Å². The molecule has 0 aromatic carbocycles. The maximum Gasteiger partial charge on any atom is 0.0521 e. The summed E-state index contributed by atoms with van der Waals surface area (Å²) in [6.45, 7) is 8.84. The lowest BCUT2D eigenvalue weighted by atomic mass is 9.93. The molecule has 0 amide bonds. The molecule has 0 saturated carbocycles. The molecule has 2 aliphatic heterocycles. The molecule has 2 saturated heterocycles. The van der Waals surface area contributed by atoms with Crippen molar-refractivity contribution in [3.05, 3.63) is 0 Å². The highest BCUT2D eigenvalue weighted by molar-refractivity contribution is 4.84. The number of ether oxygens (including phenoxy) is 1. The van der Waals surface area contributed by atoms with Crippen LogP contribution in [0.1, 0.15) is 26.2 Å². The number of hydrogen-bond acceptors (Lipinski definition) is 4. The van der Waals surface area contributed by atoms with E-state index in [2.05, 4.69) is 36.1 Å². The van der Waals surface area contributed by atoms with Gasteiger partial charge in [-0.3, -0.25) is 0 Å². The first kappa shape index (κ1) is 15.2. The minimum absolute atomic E-state index is 0.658. The van der Waals surface area contributed by atoms with E-state index in [9.17, 15) is 0 Å². The molecule has 1 N–H and O–H groups in total. The molecule has 19 heavy (non-hydrogen) atoms. The largest absolute Gasteiger partial charge is 0.381 e. The molecule has 0 spiro atoms. The van der Waals surface area contributed by atoms with Gasteiger partial charge < -0.3 is 19.9 Å². The monoisotopic (exact) mass is 269 g/mol. The van der Waals surface area contributed by atoms with E-state index in [1.54, 1.807) is 0 Å². The van der Waals surface area contributed by atoms with Crippen LogP contribution in [0.3, 0.4) is 0 Å². The van der Waals surface area contributed by atoms with Gasteiger partial charge in [0.25, 0.3) is 0 Å². The second kappa shape index (κ2) is 7.58. The maximum absolute atomic E-state index is 5.68. The Bertz CT molecular complexity index is 250. The van der Waals surface area contributed by atoms with E-state index in [0.717, 1.165) is 25.8 Å². The van der Waals surface area contributed by atoms with Crippen molar-refractivity contribution in [2.24, 2.45) is 5.92 Å². The summed E-state index contributed by atoms with van der Waals surface area (Å²) in [5.41, 5.74) is 0. The molecular weight excluding hydrogens is 238 g/mol. The molecule has 4 nitrogen and oxygen atoms in total. The van der Waals surface area contributed by atoms with Gasteiger partial charge in [0.05, 0.1) is 6.61 Å². The Morgan fingerprint density at radius 3 is 2.58 bits per heavy atom. The molecule has 2 rings (SSSR count). The fraction of sp³-hybridized carbons (Fsp3) is 1.00. The highest BCUT2D eigenvalue weighted by Gasteiger charge is 2.28. The van der Waals surface area contributed by atoms with Crippen LogP contribution in [0, 0.1) is 5.92 Å². The molecule has 0 radical (unpaired) electrons. The van der Waals surface area contributed by atoms with E-state index in [1.165, 1.54) is 38.9 Å². The number of rotatable bonds is 5. The summed E-state index contributed by atoms with van der Waals surface area (Å²) >= 11 is 0. The number of hydrogen-bond donors (Lipinski definition) is 1. The van der Waals surface area contributed by atoms with Gasteiger partial charge in [0.1, 0.15) is 0 Å². The highest BCUT2D eigenvalue weighted by Crippen LogP contribution is 2.20. The molecule has 0 bridgehead atoms. The number of likely N-dealkylation sites (tertiary alicyclic amines) is 1. The Balaban J connectivity index is 1.77. The minimum atomic E-state index is 0.658.